The fraction of sp³-hybridized carbons (Fsp3) is 0.533. The number of carbonyl (C=O) groups excluding carboxylic acids is 1. The smallest absolute Gasteiger partial charge is 0.221 e. The summed E-state index contributed by atoms with van der Waals surface area (Å²) in [4.78, 5) is 11.1. The first-order chi connectivity index (χ1) is 9.15. The summed E-state index contributed by atoms with van der Waals surface area (Å²) < 4.78 is 5.13. The van der Waals surface area contributed by atoms with Gasteiger partial charge >= 0.3 is 0 Å². The van der Waals surface area contributed by atoms with Crippen molar-refractivity contribution >= 4 is 5.91 Å². The summed E-state index contributed by atoms with van der Waals surface area (Å²) in [6.45, 7) is 2.87. The van der Waals surface area contributed by atoms with Crippen LogP contribution in [0.15, 0.2) is 24.3 Å². The van der Waals surface area contributed by atoms with Crippen molar-refractivity contribution in [2.24, 2.45) is 0 Å². The Morgan fingerprint density at radius 2 is 2.00 bits per heavy atom. The van der Waals surface area contributed by atoms with Crippen LogP contribution in [0.5, 0.6) is 5.75 Å². The second-order valence-electron chi connectivity index (χ2n) is 4.67. The Morgan fingerprint density at radius 3 is 2.58 bits per heavy atom. The number of benzene rings is 1. The Morgan fingerprint density at radius 1 is 1.32 bits per heavy atom. The van der Waals surface area contributed by atoms with E-state index in [2.05, 4.69) is 29.7 Å². The third-order valence-electron chi connectivity index (χ3n) is 3.15. The predicted molar refractivity (Wildman–Crippen MR) is 77.5 cm³/mol. The van der Waals surface area contributed by atoms with Gasteiger partial charge in [0.2, 0.25) is 5.91 Å². The molecular formula is C15H24N2O2. The highest BCUT2D eigenvalue weighted by atomic mass is 16.5. The Bertz CT molecular complexity index is 376. The lowest BCUT2D eigenvalue weighted by molar-refractivity contribution is -0.120. The van der Waals surface area contributed by atoms with Crippen LogP contribution in [0.3, 0.4) is 0 Å². The van der Waals surface area contributed by atoms with Crippen LogP contribution in [0.1, 0.15) is 25.3 Å². The van der Waals surface area contributed by atoms with Crippen LogP contribution in [0.25, 0.3) is 0 Å². The molecule has 0 aliphatic heterocycles. The Balaban J connectivity index is 2.21. The standard InChI is InChI=1S/C15H24N2O2/c1-12(17-11-10-15(18)16-2)4-5-13-6-8-14(19-3)9-7-13/h6-9,12,17H,4-5,10-11H2,1-3H3,(H,16,18). The van der Waals surface area contributed by atoms with E-state index < -0.39 is 0 Å². The Kier molecular flexibility index (Phi) is 6.97. The molecule has 4 heteroatoms. The maximum Gasteiger partial charge on any atom is 0.221 e. The minimum absolute atomic E-state index is 0.0786. The molecule has 1 aromatic carbocycles. The molecule has 0 aliphatic carbocycles. The Labute approximate surface area is 115 Å². The van der Waals surface area contributed by atoms with Crippen LogP contribution in [0.2, 0.25) is 0 Å². The van der Waals surface area contributed by atoms with Gasteiger partial charge in [-0.15, -0.1) is 0 Å². The molecule has 4 nitrogen and oxygen atoms in total. The molecule has 1 atom stereocenters. The predicted octanol–water partition coefficient (Wildman–Crippen LogP) is 1.74. The molecule has 0 aliphatic rings. The topological polar surface area (TPSA) is 50.4 Å². The minimum Gasteiger partial charge on any atom is -0.497 e. The molecule has 0 spiro atoms. The van der Waals surface area contributed by atoms with E-state index in [0.29, 0.717) is 12.5 Å². The zero-order valence-corrected chi connectivity index (χ0v) is 12.0. The minimum atomic E-state index is 0.0786. The van der Waals surface area contributed by atoms with Crippen molar-refractivity contribution in [1.29, 1.82) is 0 Å². The number of carbonyl (C=O) groups is 1. The molecule has 0 saturated heterocycles. The molecule has 106 valence electrons. The largest absolute Gasteiger partial charge is 0.497 e. The van der Waals surface area contributed by atoms with Crippen molar-refractivity contribution in [3.8, 4) is 5.75 Å². The number of rotatable bonds is 8. The van der Waals surface area contributed by atoms with Crippen LogP contribution in [-0.2, 0) is 11.2 Å². The first kappa shape index (κ1) is 15.5. The second-order valence-corrected chi connectivity index (χ2v) is 4.67. The van der Waals surface area contributed by atoms with Gasteiger partial charge in [-0.1, -0.05) is 12.1 Å². The van der Waals surface area contributed by atoms with Gasteiger partial charge in [0.25, 0.3) is 0 Å². The van der Waals surface area contributed by atoms with Gasteiger partial charge < -0.3 is 15.4 Å². The molecule has 0 bridgehead atoms. The molecule has 0 heterocycles. The summed E-state index contributed by atoms with van der Waals surface area (Å²) in [5, 5.41) is 5.97. The average Bonchev–Trinajstić information content (AvgIpc) is 2.45. The number of amides is 1. The Hall–Kier alpha value is -1.55. The van der Waals surface area contributed by atoms with E-state index in [1.807, 2.05) is 12.1 Å². The summed E-state index contributed by atoms with van der Waals surface area (Å²) in [6.07, 6.45) is 2.61. The van der Waals surface area contributed by atoms with Crippen LogP contribution < -0.4 is 15.4 Å². The molecule has 1 amide bonds. The molecule has 1 aromatic rings. The van der Waals surface area contributed by atoms with E-state index >= 15 is 0 Å². The fourth-order valence-corrected chi connectivity index (χ4v) is 1.83. The third-order valence-corrected chi connectivity index (χ3v) is 3.15. The summed E-state index contributed by atoms with van der Waals surface area (Å²) in [5.74, 6) is 0.968. The molecule has 1 rings (SSSR count). The molecular weight excluding hydrogens is 240 g/mol. The van der Waals surface area contributed by atoms with Crippen molar-refractivity contribution in [3.63, 3.8) is 0 Å². The fourth-order valence-electron chi connectivity index (χ4n) is 1.83. The number of ether oxygens (including phenoxy) is 1. The maximum atomic E-state index is 11.1. The van der Waals surface area contributed by atoms with Gasteiger partial charge in [0.1, 0.15) is 5.75 Å². The SMILES string of the molecule is CNC(=O)CCNC(C)CCc1ccc(OC)cc1. The van der Waals surface area contributed by atoms with Crippen LogP contribution in [0.4, 0.5) is 0 Å². The van der Waals surface area contributed by atoms with Crippen molar-refractivity contribution < 1.29 is 9.53 Å². The van der Waals surface area contributed by atoms with Crippen LogP contribution in [-0.4, -0.2) is 32.7 Å². The lowest BCUT2D eigenvalue weighted by Gasteiger charge is -2.13. The quantitative estimate of drug-likeness (QED) is 0.752. The molecule has 0 saturated carbocycles. The highest BCUT2D eigenvalue weighted by Gasteiger charge is 2.04. The molecule has 0 fully saturated rings. The number of hydrogen-bond acceptors (Lipinski definition) is 3. The second kappa shape index (κ2) is 8.53. The van der Waals surface area contributed by atoms with Gasteiger partial charge in [-0.05, 0) is 37.5 Å². The molecule has 19 heavy (non-hydrogen) atoms. The van der Waals surface area contributed by atoms with Crippen molar-refractivity contribution in [2.45, 2.75) is 32.2 Å². The number of nitrogens with one attached hydrogen (secondary N) is 2. The van der Waals surface area contributed by atoms with Gasteiger partial charge in [0.05, 0.1) is 7.11 Å². The number of aryl methyl sites for hydroxylation is 1. The number of hydrogen-bond donors (Lipinski definition) is 2. The van der Waals surface area contributed by atoms with Gasteiger partial charge in [-0.3, -0.25) is 4.79 Å². The van der Waals surface area contributed by atoms with Gasteiger partial charge in [0, 0.05) is 26.1 Å². The zero-order valence-electron chi connectivity index (χ0n) is 12.0. The molecule has 0 aromatic heterocycles. The molecule has 2 N–H and O–H groups in total. The van der Waals surface area contributed by atoms with E-state index in [-0.39, 0.29) is 5.91 Å². The van der Waals surface area contributed by atoms with Crippen LogP contribution >= 0.6 is 0 Å². The van der Waals surface area contributed by atoms with Gasteiger partial charge in [0.15, 0.2) is 0 Å². The third kappa shape index (κ3) is 6.25. The van der Waals surface area contributed by atoms with Gasteiger partial charge in [-0.25, -0.2) is 0 Å². The lowest BCUT2D eigenvalue weighted by atomic mass is 10.1. The zero-order chi connectivity index (χ0) is 14.1. The van der Waals surface area contributed by atoms with E-state index in [4.69, 9.17) is 4.74 Å². The van der Waals surface area contributed by atoms with Crippen molar-refractivity contribution in [1.82, 2.24) is 10.6 Å². The summed E-state index contributed by atoms with van der Waals surface area (Å²) >= 11 is 0. The van der Waals surface area contributed by atoms with Gasteiger partial charge in [-0.2, -0.15) is 0 Å². The molecule has 0 radical (unpaired) electrons. The van der Waals surface area contributed by atoms with Crippen molar-refractivity contribution in [3.05, 3.63) is 29.8 Å². The van der Waals surface area contributed by atoms with E-state index in [9.17, 15) is 4.79 Å². The highest BCUT2D eigenvalue weighted by molar-refractivity contribution is 5.75. The summed E-state index contributed by atoms with van der Waals surface area (Å²) in [6, 6.07) is 8.57. The summed E-state index contributed by atoms with van der Waals surface area (Å²) in [7, 11) is 3.34. The normalized spacial score (nSPS) is 11.9. The summed E-state index contributed by atoms with van der Waals surface area (Å²) in [5.41, 5.74) is 1.31. The lowest BCUT2D eigenvalue weighted by Crippen LogP contribution is -2.31. The van der Waals surface area contributed by atoms with E-state index in [1.165, 1.54) is 5.56 Å². The first-order valence-corrected chi connectivity index (χ1v) is 6.72. The average molecular weight is 264 g/mol. The monoisotopic (exact) mass is 264 g/mol. The first-order valence-electron chi connectivity index (χ1n) is 6.72. The highest BCUT2D eigenvalue weighted by Crippen LogP contribution is 2.13. The van der Waals surface area contributed by atoms with Crippen LogP contribution in [0, 0.1) is 0 Å². The number of methoxy groups -OCH3 is 1. The van der Waals surface area contributed by atoms with E-state index in [1.54, 1.807) is 14.2 Å². The van der Waals surface area contributed by atoms with Crippen molar-refractivity contribution in [2.75, 3.05) is 20.7 Å². The molecule has 1 unspecified atom stereocenters. The maximum absolute atomic E-state index is 11.1. The van der Waals surface area contributed by atoms with E-state index in [0.717, 1.165) is 25.1 Å².